The van der Waals surface area contributed by atoms with Crippen molar-refractivity contribution in [3.05, 3.63) is 28.3 Å². The van der Waals surface area contributed by atoms with Crippen molar-refractivity contribution in [1.82, 2.24) is 4.90 Å². The molecule has 2 saturated heterocycles. The van der Waals surface area contributed by atoms with Gasteiger partial charge in [0, 0.05) is 23.9 Å². The van der Waals surface area contributed by atoms with E-state index >= 15 is 0 Å². The molecule has 1 amide bonds. The van der Waals surface area contributed by atoms with Crippen molar-refractivity contribution < 1.29 is 19.0 Å². The molecular formula is C20H24ClNO4. The van der Waals surface area contributed by atoms with Gasteiger partial charge in [-0.15, -0.1) is 0 Å². The Morgan fingerprint density at radius 2 is 1.92 bits per heavy atom. The number of rotatable bonds is 1. The SMILES string of the molecule is Cc1cc(Cl)cc2c1CC1C(=O)N(C3CCC4(CC3)OCCO4)CC1O2. The van der Waals surface area contributed by atoms with Crippen molar-refractivity contribution in [2.24, 2.45) is 5.92 Å². The van der Waals surface area contributed by atoms with Crippen LogP contribution in [0.15, 0.2) is 12.1 Å². The zero-order valence-electron chi connectivity index (χ0n) is 15.0. The van der Waals surface area contributed by atoms with Crippen LogP contribution in [0.2, 0.25) is 5.02 Å². The van der Waals surface area contributed by atoms with Crippen LogP contribution in [0.3, 0.4) is 0 Å². The number of hydrogen-bond acceptors (Lipinski definition) is 4. The summed E-state index contributed by atoms with van der Waals surface area (Å²) >= 11 is 6.18. The molecule has 3 heterocycles. The second-order valence-electron chi connectivity index (χ2n) is 8.00. The quantitative estimate of drug-likeness (QED) is 0.754. The standard InChI is InChI=1S/C20H24ClNO4/c1-12-8-13(21)9-17-15(12)10-16-18(26-17)11-22(19(16)23)14-2-4-20(5-3-14)24-6-7-25-20/h8-9,14,16,18H,2-7,10-11H2,1H3. The molecule has 0 radical (unpaired) electrons. The van der Waals surface area contributed by atoms with Crippen LogP contribution in [0.4, 0.5) is 0 Å². The molecule has 4 aliphatic rings. The van der Waals surface area contributed by atoms with E-state index in [1.807, 2.05) is 19.1 Å². The van der Waals surface area contributed by atoms with Crippen molar-refractivity contribution in [3.8, 4) is 5.75 Å². The summed E-state index contributed by atoms with van der Waals surface area (Å²) in [6, 6.07) is 4.10. The normalized spacial score (nSPS) is 30.4. The minimum absolute atomic E-state index is 0.0669. The molecule has 5 nitrogen and oxygen atoms in total. The largest absolute Gasteiger partial charge is 0.487 e. The lowest BCUT2D eigenvalue weighted by atomic mass is 9.88. The molecule has 26 heavy (non-hydrogen) atoms. The highest BCUT2D eigenvalue weighted by Crippen LogP contribution is 2.42. The van der Waals surface area contributed by atoms with Gasteiger partial charge in [-0.2, -0.15) is 0 Å². The number of nitrogens with zero attached hydrogens (tertiary/aromatic N) is 1. The molecule has 0 aromatic heterocycles. The van der Waals surface area contributed by atoms with E-state index in [0.29, 0.717) is 24.8 Å². The van der Waals surface area contributed by atoms with Crippen LogP contribution in [0.5, 0.6) is 5.75 Å². The Morgan fingerprint density at radius 3 is 2.65 bits per heavy atom. The first-order chi connectivity index (χ1) is 12.5. The third kappa shape index (κ3) is 2.63. The maximum Gasteiger partial charge on any atom is 0.230 e. The highest BCUT2D eigenvalue weighted by atomic mass is 35.5. The Hall–Kier alpha value is -1.30. The number of likely N-dealkylation sites (tertiary alicyclic amines) is 1. The van der Waals surface area contributed by atoms with Crippen molar-refractivity contribution in [2.75, 3.05) is 19.8 Å². The first-order valence-electron chi connectivity index (χ1n) is 9.59. The number of carbonyl (C=O) groups excluding carboxylic acids is 1. The highest BCUT2D eigenvalue weighted by molar-refractivity contribution is 6.30. The highest BCUT2D eigenvalue weighted by Gasteiger charge is 2.49. The molecule has 1 saturated carbocycles. The van der Waals surface area contributed by atoms with Crippen molar-refractivity contribution in [3.63, 3.8) is 0 Å². The molecule has 1 aliphatic carbocycles. The summed E-state index contributed by atoms with van der Waals surface area (Å²) < 4.78 is 17.8. The summed E-state index contributed by atoms with van der Waals surface area (Å²) in [4.78, 5) is 15.2. The van der Waals surface area contributed by atoms with Crippen molar-refractivity contribution in [2.45, 2.75) is 57.0 Å². The van der Waals surface area contributed by atoms with Gasteiger partial charge in [-0.1, -0.05) is 11.6 Å². The van der Waals surface area contributed by atoms with Gasteiger partial charge in [0.15, 0.2) is 5.79 Å². The van der Waals surface area contributed by atoms with E-state index in [0.717, 1.165) is 49.0 Å². The van der Waals surface area contributed by atoms with Crippen LogP contribution in [0.1, 0.15) is 36.8 Å². The molecule has 5 rings (SSSR count). The van der Waals surface area contributed by atoms with Gasteiger partial charge < -0.3 is 19.1 Å². The van der Waals surface area contributed by atoms with E-state index < -0.39 is 0 Å². The maximum atomic E-state index is 13.1. The Kier molecular flexibility index (Phi) is 3.96. The number of amides is 1. The minimum atomic E-state index is -0.382. The van der Waals surface area contributed by atoms with Crippen LogP contribution in [-0.2, 0) is 20.7 Å². The molecular weight excluding hydrogens is 354 g/mol. The molecule has 2 atom stereocenters. The predicted molar refractivity (Wildman–Crippen MR) is 96.4 cm³/mol. The fraction of sp³-hybridized carbons (Fsp3) is 0.650. The van der Waals surface area contributed by atoms with E-state index in [1.165, 1.54) is 0 Å². The second-order valence-corrected chi connectivity index (χ2v) is 8.43. The fourth-order valence-corrected chi connectivity index (χ4v) is 5.34. The van der Waals surface area contributed by atoms with Gasteiger partial charge >= 0.3 is 0 Å². The van der Waals surface area contributed by atoms with Crippen molar-refractivity contribution in [1.29, 1.82) is 0 Å². The molecule has 2 unspecified atom stereocenters. The summed E-state index contributed by atoms with van der Waals surface area (Å²) in [6.45, 7) is 4.08. The average molecular weight is 378 g/mol. The lowest BCUT2D eigenvalue weighted by molar-refractivity contribution is -0.184. The number of benzene rings is 1. The van der Waals surface area contributed by atoms with Gasteiger partial charge in [-0.3, -0.25) is 4.79 Å². The number of hydrogen-bond donors (Lipinski definition) is 0. The third-order valence-corrected chi connectivity index (χ3v) is 6.71. The smallest absolute Gasteiger partial charge is 0.230 e. The zero-order valence-corrected chi connectivity index (χ0v) is 15.8. The van der Waals surface area contributed by atoms with E-state index in [-0.39, 0.29) is 29.8 Å². The second kappa shape index (κ2) is 6.11. The predicted octanol–water partition coefficient (Wildman–Crippen LogP) is 3.10. The molecule has 3 aliphatic heterocycles. The van der Waals surface area contributed by atoms with E-state index in [2.05, 4.69) is 4.90 Å². The molecule has 1 spiro atoms. The first-order valence-corrected chi connectivity index (χ1v) is 9.96. The molecule has 1 aromatic carbocycles. The average Bonchev–Trinajstić information content (AvgIpc) is 3.19. The lowest BCUT2D eigenvalue weighted by Crippen LogP contribution is -2.45. The number of ether oxygens (including phenoxy) is 3. The van der Waals surface area contributed by atoms with Gasteiger partial charge in [-0.25, -0.2) is 0 Å². The van der Waals surface area contributed by atoms with Crippen LogP contribution in [0, 0.1) is 12.8 Å². The maximum absolute atomic E-state index is 13.1. The third-order valence-electron chi connectivity index (χ3n) is 6.50. The summed E-state index contributed by atoms with van der Waals surface area (Å²) in [5.74, 6) is 0.634. The topological polar surface area (TPSA) is 48.0 Å². The van der Waals surface area contributed by atoms with Crippen LogP contribution >= 0.6 is 11.6 Å². The van der Waals surface area contributed by atoms with Crippen LogP contribution in [-0.4, -0.2) is 48.5 Å². The van der Waals surface area contributed by atoms with Gasteiger partial charge in [0.2, 0.25) is 5.91 Å². The number of aryl methyl sites for hydroxylation is 1. The van der Waals surface area contributed by atoms with Gasteiger partial charge in [0.25, 0.3) is 0 Å². The first kappa shape index (κ1) is 16.8. The Balaban J connectivity index is 1.31. The van der Waals surface area contributed by atoms with Gasteiger partial charge in [0.1, 0.15) is 11.9 Å². The molecule has 140 valence electrons. The summed E-state index contributed by atoms with van der Waals surface area (Å²) in [7, 11) is 0. The molecule has 0 N–H and O–H groups in total. The van der Waals surface area contributed by atoms with E-state index in [4.69, 9.17) is 25.8 Å². The van der Waals surface area contributed by atoms with Gasteiger partial charge in [0.05, 0.1) is 25.7 Å². The number of carbonyl (C=O) groups is 1. The molecule has 0 bridgehead atoms. The van der Waals surface area contributed by atoms with Crippen molar-refractivity contribution >= 4 is 17.5 Å². The Bertz CT molecular complexity index is 736. The molecule has 3 fully saturated rings. The van der Waals surface area contributed by atoms with Crippen LogP contribution < -0.4 is 4.74 Å². The fourth-order valence-electron chi connectivity index (χ4n) is 5.08. The minimum Gasteiger partial charge on any atom is -0.487 e. The van der Waals surface area contributed by atoms with Gasteiger partial charge in [-0.05, 0) is 49.4 Å². The zero-order chi connectivity index (χ0) is 17.9. The van der Waals surface area contributed by atoms with Crippen LogP contribution in [0.25, 0.3) is 0 Å². The number of halogens is 1. The monoisotopic (exact) mass is 377 g/mol. The summed E-state index contributed by atoms with van der Waals surface area (Å²) in [5, 5.41) is 0.690. The summed E-state index contributed by atoms with van der Waals surface area (Å²) in [5.41, 5.74) is 2.23. The molecule has 6 heteroatoms. The lowest BCUT2D eigenvalue weighted by Gasteiger charge is -2.39. The Labute approximate surface area is 158 Å². The van der Waals surface area contributed by atoms with E-state index in [9.17, 15) is 4.79 Å². The summed E-state index contributed by atoms with van der Waals surface area (Å²) in [6.07, 6.45) is 4.29. The number of fused-ring (bicyclic) bond motifs is 2. The Morgan fingerprint density at radius 1 is 1.19 bits per heavy atom. The molecule has 1 aromatic rings. The van der Waals surface area contributed by atoms with E-state index in [1.54, 1.807) is 0 Å².